The van der Waals surface area contributed by atoms with E-state index < -0.39 is 9.84 Å². The van der Waals surface area contributed by atoms with E-state index in [1.807, 2.05) is 6.07 Å². The molecule has 0 amide bonds. The highest BCUT2D eigenvalue weighted by molar-refractivity contribution is 7.90. The lowest BCUT2D eigenvalue weighted by Gasteiger charge is -2.00. The lowest BCUT2D eigenvalue weighted by molar-refractivity contribution is 0.602. The molecule has 0 saturated carbocycles. The first-order valence-electron chi connectivity index (χ1n) is 6.11. The number of rotatable bonds is 3. The lowest BCUT2D eigenvalue weighted by Crippen LogP contribution is -1.96. The molecule has 0 atom stereocenters. The van der Waals surface area contributed by atoms with Crippen LogP contribution < -0.4 is 0 Å². The van der Waals surface area contributed by atoms with Crippen LogP contribution in [-0.4, -0.2) is 24.1 Å². The Morgan fingerprint density at radius 3 is 2.43 bits per heavy atom. The minimum Gasteiger partial charge on any atom is -0.281 e. The number of hydrogen-bond donors (Lipinski definition) is 0. The van der Waals surface area contributed by atoms with Gasteiger partial charge < -0.3 is 0 Å². The van der Waals surface area contributed by atoms with E-state index in [1.165, 1.54) is 12.1 Å². The Kier molecular flexibility index (Phi) is 3.06. The van der Waals surface area contributed by atoms with E-state index in [2.05, 4.69) is 10.2 Å². The summed E-state index contributed by atoms with van der Waals surface area (Å²) in [5.41, 5.74) is 1.67. The molecule has 7 heteroatoms. The Morgan fingerprint density at radius 2 is 1.81 bits per heavy atom. The van der Waals surface area contributed by atoms with E-state index in [0.717, 1.165) is 6.26 Å². The highest BCUT2D eigenvalue weighted by atomic mass is 32.2. The van der Waals surface area contributed by atoms with Gasteiger partial charge in [-0.1, -0.05) is 18.2 Å². The summed E-state index contributed by atoms with van der Waals surface area (Å²) in [7, 11) is -3.25. The number of imidazole rings is 1. The number of pyridine rings is 1. The topological polar surface area (TPSA) is 80.9 Å². The third-order valence-corrected chi connectivity index (χ3v) is 4.28. The van der Waals surface area contributed by atoms with Crippen LogP contribution in [0.25, 0.3) is 16.9 Å². The van der Waals surface area contributed by atoms with Gasteiger partial charge in [0.25, 0.3) is 0 Å². The standard InChI is InChI=1S/C14H11N3O3S/c1-21(19,20)11-7-5-10(6-8-11)13-14(16-18)17-9-3-2-4-12(17)15-13/h2-9H,1H3. The van der Waals surface area contributed by atoms with Crippen LogP contribution in [0.5, 0.6) is 0 Å². The van der Waals surface area contributed by atoms with Crippen LogP contribution in [0.2, 0.25) is 0 Å². The third-order valence-electron chi connectivity index (χ3n) is 3.15. The molecule has 2 heterocycles. The van der Waals surface area contributed by atoms with Crippen molar-refractivity contribution in [1.82, 2.24) is 9.38 Å². The summed E-state index contributed by atoms with van der Waals surface area (Å²) in [5, 5.41) is 3.04. The lowest BCUT2D eigenvalue weighted by atomic mass is 10.1. The van der Waals surface area contributed by atoms with E-state index in [1.54, 1.807) is 34.9 Å². The second-order valence-electron chi connectivity index (χ2n) is 4.60. The number of nitroso groups, excluding NO2 is 1. The Balaban J connectivity index is 2.18. The van der Waals surface area contributed by atoms with Gasteiger partial charge in [-0.05, 0) is 29.4 Å². The van der Waals surface area contributed by atoms with Gasteiger partial charge in [0.15, 0.2) is 9.84 Å². The van der Waals surface area contributed by atoms with Crippen molar-refractivity contribution in [2.75, 3.05) is 6.26 Å². The first-order chi connectivity index (χ1) is 10.0. The fourth-order valence-corrected chi connectivity index (χ4v) is 2.75. The largest absolute Gasteiger partial charge is 0.281 e. The molecule has 1 aromatic carbocycles. The molecule has 0 aliphatic heterocycles. The molecular formula is C14H11N3O3S. The van der Waals surface area contributed by atoms with Gasteiger partial charge in [-0.3, -0.25) is 4.40 Å². The molecule has 2 aromatic heterocycles. The van der Waals surface area contributed by atoms with Crippen molar-refractivity contribution in [3.63, 3.8) is 0 Å². The zero-order valence-corrected chi connectivity index (χ0v) is 11.9. The average molecular weight is 301 g/mol. The molecule has 3 aromatic rings. The minimum absolute atomic E-state index is 0.192. The second-order valence-corrected chi connectivity index (χ2v) is 6.62. The number of hydrogen-bond acceptors (Lipinski definition) is 5. The van der Waals surface area contributed by atoms with Crippen molar-refractivity contribution in [1.29, 1.82) is 0 Å². The van der Waals surface area contributed by atoms with Gasteiger partial charge in [-0.25, -0.2) is 13.4 Å². The van der Waals surface area contributed by atoms with Crippen molar-refractivity contribution in [3.8, 4) is 11.3 Å². The Labute approximate surface area is 121 Å². The molecule has 0 N–H and O–H groups in total. The van der Waals surface area contributed by atoms with Crippen LogP contribution in [0.15, 0.2) is 58.7 Å². The zero-order chi connectivity index (χ0) is 15.0. The van der Waals surface area contributed by atoms with Gasteiger partial charge in [0.2, 0.25) is 5.82 Å². The van der Waals surface area contributed by atoms with Crippen molar-refractivity contribution >= 4 is 21.3 Å². The van der Waals surface area contributed by atoms with Gasteiger partial charge in [0.05, 0.1) is 4.90 Å². The smallest absolute Gasteiger partial charge is 0.209 e. The van der Waals surface area contributed by atoms with E-state index in [-0.39, 0.29) is 10.7 Å². The van der Waals surface area contributed by atoms with Crippen molar-refractivity contribution in [3.05, 3.63) is 53.6 Å². The average Bonchev–Trinajstić information content (AvgIpc) is 2.85. The highest BCUT2D eigenvalue weighted by Gasteiger charge is 2.15. The number of sulfone groups is 1. The molecule has 0 bridgehead atoms. The number of fused-ring (bicyclic) bond motifs is 1. The van der Waals surface area contributed by atoms with Gasteiger partial charge in [0, 0.05) is 18.0 Å². The molecule has 21 heavy (non-hydrogen) atoms. The molecule has 106 valence electrons. The molecule has 0 unspecified atom stereocenters. The van der Waals surface area contributed by atoms with Gasteiger partial charge in [-0.2, -0.15) is 0 Å². The highest BCUT2D eigenvalue weighted by Crippen LogP contribution is 2.31. The van der Waals surface area contributed by atoms with Crippen LogP contribution >= 0.6 is 0 Å². The number of benzene rings is 1. The van der Waals surface area contributed by atoms with Crippen LogP contribution in [0, 0.1) is 4.91 Å². The maximum absolute atomic E-state index is 11.5. The van der Waals surface area contributed by atoms with Crippen LogP contribution in [-0.2, 0) is 9.84 Å². The maximum Gasteiger partial charge on any atom is 0.209 e. The zero-order valence-electron chi connectivity index (χ0n) is 11.1. The van der Waals surface area contributed by atoms with Crippen molar-refractivity contribution < 1.29 is 8.42 Å². The minimum atomic E-state index is -3.25. The first kappa shape index (κ1) is 13.4. The molecule has 0 radical (unpaired) electrons. The summed E-state index contributed by atoms with van der Waals surface area (Å²) in [6.07, 6.45) is 2.85. The molecule has 0 saturated heterocycles. The van der Waals surface area contributed by atoms with Crippen LogP contribution in [0.3, 0.4) is 0 Å². The summed E-state index contributed by atoms with van der Waals surface area (Å²) in [4.78, 5) is 15.7. The fraction of sp³-hybridized carbons (Fsp3) is 0.0714. The summed E-state index contributed by atoms with van der Waals surface area (Å²) in [6, 6.07) is 11.6. The Morgan fingerprint density at radius 1 is 1.10 bits per heavy atom. The first-order valence-corrected chi connectivity index (χ1v) is 8.01. The molecule has 0 aliphatic rings. The van der Waals surface area contributed by atoms with Crippen LogP contribution in [0.1, 0.15) is 0 Å². The van der Waals surface area contributed by atoms with Gasteiger partial charge in [0.1, 0.15) is 11.3 Å². The van der Waals surface area contributed by atoms with Crippen LogP contribution in [0.4, 0.5) is 5.82 Å². The van der Waals surface area contributed by atoms with E-state index in [4.69, 9.17) is 0 Å². The SMILES string of the molecule is CS(=O)(=O)c1ccc(-c2nc3ccccn3c2N=O)cc1. The number of aromatic nitrogens is 2. The molecule has 0 spiro atoms. The summed E-state index contributed by atoms with van der Waals surface area (Å²) in [6.45, 7) is 0. The molecule has 6 nitrogen and oxygen atoms in total. The fourth-order valence-electron chi connectivity index (χ4n) is 2.12. The van der Waals surface area contributed by atoms with Crippen molar-refractivity contribution in [2.24, 2.45) is 5.18 Å². The third kappa shape index (κ3) is 2.31. The van der Waals surface area contributed by atoms with Crippen molar-refractivity contribution in [2.45, 2.75) is 4.90 Å². The molecule has 3 rings (SSSR count). The van der Waals surface area contributed by atoms with Gasteiger partial charge in [-0.15, -0.1) is 4.91 Å². The van der Waals surface area contributed by atoms with E-state index in [9.17, 15) is 13.3 Å². The summed E-state index contributed by atoms with van der Waals surface area (Å²) < 4.78 is 24.5. The molecule has 0 fully saturated rings. The summed E-state index contributed by atoms with van der Waals surface area (Å²) >= 11 is 0. The normalized spacial score (nSPS) is 11.7. The van der Waals surface area contributed by atoms with Gasteiger partial charge >= 0.3 is 0 Å². The number of nitrogens with zero attached hydrogens (tertiary/aromatic N) is 3. The van der Waals surface area contributed by atoms with E-state index in [0.29, 0.717) is 16.9 Å². The maximum atomic E-state index is 11.5. The molecule has 0 aliphatic carbocycles. The molecular weight excluding hydrogens is 290 g/mol. The predicted octanol–water partition coefficient (Wildman–Crippen LogP) is 2.80. The Hall–Kier alpha value is -2.54. The van der Waals surface area contributed by atoms with E-state index >= 15 is 0 Å². The second kappa shape index (κ2) is 4.78. The predicted molar refractivity (Wildman–Crippen MR) is 79.2 cm³/mol. The quantitative estimate of drug-likeness (QED) is 0.697. The monoisotopic (exact) mass is 301 g/mol. The summed E-state index contributed by atoms with van der Waals surface area (Å²) in [5.74, 6) is 0.192. The Bertz CT molecular complexity index is 928.